The first-order valence-corrected chi connectivity index (χ1v) is 7.55. The Bertz CT molecular complexity index is 508. The minimum atomic E-state index is -0.0400. The van der Waals surface area contributed by atoms with E-state index in [1.54, 1.807) is 4.90 Å². The van der Waals surface area contributed by atoms with E-state index in [1.165, 1.54) is 37.7 Å². The van der Waals surface area contributed by atoms with Gasteiger partial charge in [-0.15, -0.1) is 0 Å². The minimum absolute atomic E-state index is 0.0400. The number of hydrogen-bond donors (Lipinski definition) is 2. The molecule has 1 aromatic rings. The molecule has 4 heteroatoms. The molecule has 4 nitrogen and oxygen atoms in total. The molecule has 0 spiro atoms. The number of nitrogens with two attached hydrogens (primary N) is 1. The Morgan fingerprint density at radius 1 is 1.30 bits per heavy atom. The number of anilines is 1. The molecule has 3 N–H and O–H groups in total. The number of carbonyl (C=O) groups is 1. The van der Waals surface area contributed by atoms with E-state index in [0.717, 1.165) is 11.3 Å². The Balaban J connectivity index is 1.81. The highest BCUT2D eigenvalue weighted by Gasteiger charge is 2.24. The van der Waals surface area contributed by atoms with Crippen LogP contribution in [0.1, 0.15) is 49.3 Å². The maximum absolute atomic E-state index is 11.6. The fourth-order valence-electron chi connectivity index (χ4n) is 3.38. The highest BCUT2D eigenvalue weighted by Crippen LogP contribution is 2.34. The summed E-state index contributed by atoms with van der Waals surface area (Å²) in [5.41, 5.74) is 9.76. The molecule has 1 atom stereocenters. The van der Waals surface area contributed by atoms with Crippen LogP contribution in [0.5, 0.6) is 0 Å². The number of rotatable bonds is 2. The number of nitrogens with zero attached hydrogens (tertiary/aromatic N) is 1. The monoisotopic (exact) mass is 273 g/mol. The first kappa shape index (κ1) is 13.4. The van der Waals surface area contributed by atoms with Crippen LogP contribution in [0.25, 0.3) is 0 Å². The second-order valence-electron chi connectivity index (χ2n) is 6.13. The zero-order chi connectivity index (χ0) is 14.1. The number of amides is 2. The maximum Gasteiger partial charge on any atom is 0.321 e. The average molecular weight is 273 g/mol. The molecule has 3 rings (SSSR count). The molecule has 1 aromatic carbocycles. The van der Waals surface area contributed by atoms with Gasteiger partial charge in [0.2, 0.25) is 0 Å². The average Bonchev–Trinajstić information content (AvgIpc) is 2.48. The van der Waals surface area contributed by atoms with Crippen LogP contribution in [0.15, 0.2) is 18.2 Å². The number of benzene rings is 1. The minimum Gasteiger partial charge on any atom is -0.324 e. The lowest BCUT2D eigenvalue weighted by Crippen LogP contribution is -2.35. The van der Waals surface area contributed by atoms with Crippen molar-refractivity contribution in [3.63, 3.8) is 0 Å². The van der Waals surface area contributed by atoms with E-state index < -0.39 is 0 Å². The summed E-state index contributed by atoms with van der Waals surface area (Å²) in [6, 6.07) is 6.33. The normalized spacial score (nSPS) is 21.3. The molecule has 1 heterocycles. The van der Waals surface area contributed by atoms with Gasteiger partial charge in [-0.2, -0.15) is 0 Å². The second kappa shape index (κ2) is 5.44. The summed E-state index contributed by atoms with van der Waals surface area (Å²) in [7, 11) is 1.81. The van der Waals surface area contributed by atoms with Crippen LogP contribution in [-0.2, 0) is 6.54 Å². The van der Waals surface area contributed by atoms with Gasteiger partial charge in [-0.3, -0.25) is 0 Å². The van der Waals surface area contributed by atoms with Gasteiger partial charge in [0.15, 0.2) is 0 Å². The van der Waals surface area contributed by atoms with Gasteiger partial charge in [0, 0.05) is 25.3 Å². The SMILES string of the molecule is CN1Cc2cc(C(N)C3CCCCC3)ccc2NC1=O. The molecule has 108 valence electrons. The zero-order valence-corrected chi connectivity index (χ0v) is 12.1. The van der Waals surface area contributed by atoms with Gasteiger partial charge in [0.05, 0.1) is 0 Å². The fourth-order valence-corrected chi connectivity index (χ4v) is 3.38. The van der Waals surface area contributed by atoms with E-state index in [9.17, 15) is 4.79 Å². The van der Waals surface area contributed by atoms with Crippen LogP contribution in [0.2, 0.25) is 0 Å². The van der Waals surface area contributed by atoms with Crippen LogP contribution < -0.4 is 11.1 Å². The van der Waals surface area contributed by atoms with Crippen LogP contribution in [-0.4, -0.2) is 18.0 Å². The molecule has 1 fully saturated rings. The molecular formula is C16H23N3O. The molecule has 1 aliphatic carbocycles. The number of nitrogens with one attached hydrogen (secondary N) is 1. The topological polar surface area (TPSA) is 58.4 Å². The molecule has 1 unspecified atom stereocenters. The standard InChI is InChI=1S/C16H23N3O/c1-19-10-13-9-12(7-8-14(13)18-16(19)20)15(17)11-5-3-2-4-6-11/h7-9,11,15H,2-6,10,17H2,1H3,(H,18,20). The van der Waals surface area contributed by atoms with Crippen molar-refractivity contribution in [2.75, 3.05) is 12.4 Å². The quantitative estimate of drug-likeness (QED) is 0.869. The first-order chi connectivity index (χ1) is 9.65. The molecule has 2 aliphatic rings. The summed E-state index contributed by atoms with van der Waals surface area (Å²) in [4.78, 5) is 13.3. The predicted molar refractivity (Wildman–Crippen MR) is 80.4 cm³/mol. The highest BCUT2D eigenvalue weighted by atomic mass is 16.2. The Morgan fingerprint density at radius 2 is 2.05 bits per heavy atom. The van der Waals surface area contributed by atoms with Gasteiger partial charge in [-0.25, -0.2) is 4.79 Å². The van der Waals surface area contributed by atoms with Gasteiger partial charge in [0.25, 0.3) is 0 Å². The zero-order valence-electron chi connectivity index (χ0n) is 12.1. The van der Waals surface area contributed by atoms with Crippen molar-refractivity contribution in [3.05, 3.63) is 29.3 Å². The highest BCUT2D eigenvalue weighted by molar-refractivity contribution is 5.92. The molecule has 0 saturated heterocycles. The molecule has 0 radical (unpaired) electrons. The van der Waals surface area contributed by atoms with E-state index >= 15 is 0 Å². The lowest BCUT2D eigenvalue weighted by atomic mass is 9.81. The van der Waals surface area contributed by atoms with E-state index in [1.807, 2.05) is 13.1 Å². The van der Waals surface area contributed by atoms with Crippen molar-refractivity contribution in [1.82, 2.24) is 4.90 Å². The second-order valence-corrected chi connectivity index (χ2v) is 6.13. The maximum atomic E-state index is 11.6. The van der Waals surface area contributed by atoms with Gasteiger partial charge in [0.1, 0.15) is 0 Å². The Kier molecular flexibility index (Phi) is 3.66. The molecule has 20 heavy (non-hydrogen) atoms. The van der Waals surface area contributed by atoms with Crippen LogP contribution in [0.3, 0.4) is 0 Å². The van der Waals surface area contributed by atoms with Crippen LogP contribution in [0, 0.1) is 5.92 Å². The largest absolute Gasteiger partial charge is 0.324 e. The van der Waals surface area contributed by atoms with Crippen molar-refractivity contribution in [2.24, 2.45) is 11.7 Å². The number of fused-ring (bicyclic) bond motifs is 1. The van der Waals surface area contributed by atoms with Gasteiger partial charge < -0.3 is 16.0 Å². The first-order valence-electron chi connectivity index (χ1n) is 7.55. The summed E-state index contributed by atoms with van der Waals surface area (Å²) in [6.07, 6.45) is 6.46. The molecule has 1 aliphatic heterocycles. The van der Waals surface area contributed by atoms with E-state index in [2.05, 4.69) is 17.4 Å². The van der Waals surface area contributed by atoms with Gasteiger partial charge >= 0.3 is 6.03 Å². The summed E-state index contributed by atoms with van der Waals surface area (Å²) in [5, 5.41) is 2.90. The molecule has 0 bridgehead atoms. The molecule has 2 amide bonds. The summed E-state index contributed by atoms with van der Waals surface area (Å²) in [6.45, 7) is 0.659. The summed E-state index contributed by atoms with van der Waals surface area (Å²) in [5.74, 6) is 0.609. The van der Waals surface area contributed by atoms with Crippen molar-refractivity contribution >= 4 is 11.7 Å². The Labute approximate surface area is 120 Å². The third-order valence-electron chi connectivity index (χ3n) is 4.67. The molecular weight excluding hydrogens is 250 g/mol. The number of urea groups is 1. The van der Waals surface area contributed by atoms with Gasteiger partial charge in [-0.05, 0) is 36.0 Å². The van der Waals surface area contributed by atoms with Crippen molar-refractivity contribution in [2.45, 2.75) is 44.7 Å². The third kappa shape index (κ3) is 2.52. The van der Waals surface area contributed by atoms with Crippen molar-refractivity contribution in [1.29, 1.82) is 0 Å². The Hall–Kier alpha value is -1.55. The lowest BCUT2D eigenvalue weighted by molar-refractivity contribution is 0.218. The summed E-state index contributed by atoms with van der Waals surface area (Å²) < 4.78 is 0. The Morgan fingerprint density at radius 3 is 2.80 bits per heavy atom. The van der Waals surface area contributed by atoms with E-state index in [4.69, 9.17) is 5.73 Å². The summed E-state index contributed by atoms with van der Waals surface area (Å²) >= 11 is 0. The van der Waals surface area contributed by atoms with Crippen LogP contribution >= 0.6 is 0 Å². The molecule has 0 aromatic heterocycles. The number of carbonyl (C=O) groups excluding carboxylic acids is 1. The smallest absolute Gasteiger partial charge is 0.321 e. The van der Waals surface area contributed by atoms with Crippen LogP contribution in [0.4, 0.5) is 10.5 Å². The van der Waals surface area contributed by atoms with Crippen molar-refractivity contribution in [3.8, 4) is 0 Å². The lowest BCUT2D eigenvalue weighted by Gasteiger charge is -2.30. The van der Waals surface area contributed by atoms with E-state index in [0.29, 0.717) is 12.5 Å². The van der Waals surface area contributed by atoms with Crippen molar-refractivity contribution < 1.29 is 4.79 Å². The molecule has 1 saturated carbocycles. The number of hydrogen-bond acceptors (Lipinski definition) is 2. The van der Waals surface area contributed by atoms with E-state index in [-0.39, 0.29) is 12.1 Å². The predicted octanol–water partition coefficient (Wildman–Crippen LogP) is 3.24. The third-order valence-corrected chi connectivity index (χ3v) is 4.67. The van der Waals surface area contributed by atoms with Gasteiger partial charge in [-0.1, -0.05) is 31.4 Å². The fraction of sp³-hybridized carbons (Fsp3) is 0.562.